The molecule has 2 aliphatic heterocycles. The fourth-order valence-corrected chi connectivity index (χ4v) is 4.16. The summed E-state index contributed by atoms with van der Waals surface area (Å²) in [5.41, 5.74) is -0.0543. The Balaban J connectivity index is 1.83. The zero-order chi connectivity index (χ0) is 19.2. The first kappa shape index (κ1) is 19.5. The molecule has 26 heavy (non-hydrogen) atoms. The summed E-state index contributed by atoms with van der Waals surface area (Å²) in [4.78, 5) is 11.4. The smallest absolute Gasteiger partial charge is 0.335 e. The van der Waals surface area contributed by atoms with Crippen LogP contribution in [0.25, 0.3) is 0 Å². The van der Waals surface area contributed by atoms with E-state index in [2.05, 4.69) is 0 Å². The van der Waals surface area contributed by atoms with Crippen molar-refractivity contribution in [3.8, 4) is 0 Å². The maximum absolute atomic E-state index is 11.4. The topological polar surface area (TPSA) is 166 Å². The van der Waals surface area contributed by atoms with Gasteiger partial charge in [0.15, 0.2) is 6.29 Å². The molecule has 148 valence electrons. The first-order valence-electron chi connectivity index (χ1n) is 8.49. The molecule has 0 aromatic rings. The lowest BCUT2D eigenvalue weighted by Crippen LogP contribution is -2.61. The number of hydrogen-bond acceptors (Lipinski definition) is 9. The minimum absolute atomic E-state index is 0.0543. The van der Waals surface area contributed by atoms with E-state index in [1.807, 2.05) is 6.92 Å². The van der Waals surface area contributed by atoms with E-state index in [9.17, 15) is 35.4 Å². The van der Waals surface area contributed by atoms with Crippen LogP contribution in [0, 0.1) is 17.8 Å². The van der Waals surface area contributed by atoms with Crippen molar-refractivity contribution in [1.82, 2.24) is 0 Å². The number of ether oxygens (including phenoxy) is 3. The first-order chi connectivity index (χ1) is 12.3. The summed E-state index contributed by atoms with van der Waals surface area (Å²) in [6.07, 6.45) is -7.71. The van der Waals surface area contributed by atoms with Gasteiger partial charge >= 0.3 is 5.97 Å². The average Bonchev–Trinajstić information content (AvgIpc) is 2.90. The third kappa shape index (κ3) is 3.22. The van der Waals surface area contributed by atoms with Gasteiger partial charge < -0.3 is 44.8 Å². The van der Waals surface area contributed by atoms with Gasteiger partial charge in [-0.3, -0.25) is 0 Å². The molecule has 0 unspecified atom stereocenters. The fourth-order valence-electron chi connectivity index (χ4n) is 4.16. The molecule has 1 saturated carbocycles. The van der Waals surface area contributed by atoms with Gasteiger partial charge in [-0.25, -0.2) is 4.79 Å². The van der Waals surface area contributed by atoms with Crippen molar-refractivity contribution in [2.75, 3.05) is 6.61 Å². The minimum Gasteiger partial charge on any atom is -0.478 e. The Kier molecular flexibility index (Phi) is 5.54. The van der Waals surface area contributed by atoms with Crippen LogP contribution in [0.5, 0.6) is 0 Å². The van der Waals surface area contributed by atoms with Crippen LogP contribution >= 0.6 is 0 Å². The van der Waals surface area contributed by atoms with Gasteiger partial charge in [0.1, 0.15) is 24.4 Å². The van der Waals surface area contributed by atoms with Crippen LogP contribution in [0.2, 0.25) is 0 Å². The van der Waals surface area contributed by atoms with Crippen molar-refractivity contribution < 1.29 is 49.6 Å². The summed E-state index contributed by atoms with van der Waals surface area (Å²) in [5, 5.41) is 58.6. The summed E-state index contributed by atoms with van der Waals surface area (Å²) >= 11 is 0. The van der Waals surface area contributed by atoms with Crippen LogP contribution < -0.4 is 0 Å². The molecule has 0 aromatic heterocycles. The molecule has 3 aliphatic rings. The summed E-state index contributed by atoms with van der Waals surface area (Å²) in [5.74, 6) is -2.53. The number of carbonyl (C=O) groups is 1. The molecule has 0 aromatic carbocycles. The van der Waals surface area contributed by atoms with Crippen molar-refractivity contribution >= 4 is 5.97 Å². The van der Waals surface area contributed by atoms with E-state index in [1.165, 1.54) is 0 Å². The molecular formula is C16H24O10. The second-order valence-electron chi connectivity index (χ2n) is 7.10. The van der Waals surface area contributed by atoms with E-state index in [4.69, 9.17) is 14.2 Å². The van der Waals surface area contributed by atoms with Crippen molar-refractivity contribution in [3.05, 3.63) is 11.8 Å². The number of aliphatic carboxylic acids is 1. The van der Waals surface area contributed by atoms with E-state index in [1.54, 1.807) is 0 Å². The molecule has 1 saturated heterocycles. The summed E-state index contributed by atoms with van der Waals surface area (Å²) < 4.78 is 16.2. The average molecular weight is 376 g/mol. The van der Waals surface area contributed by atoms with Crippen LogP contribution in [0.15, 0.2) is 11.8 Å². The molecule has 0 radical (unpaired) electrons. The third-order valence-corrected chi connectivity index (χ3v) is 5.48. The molecule has 0 spiro atoms. The Bertz CT molecular complexity index is 563. The van der Waals surface area contributed by atoms with Crippen LogP contribution in [-0.2, 0) is 19.0 Å². The Morgan fingerprint density at radius 3 is 2.58 bits per heavy atom. The molecule has 3 rings (SSSR count). The highest BCUT2D eigenvalue weighted by Gasteiger charge is 2.54. The number of hydrogen-bond donors (Lipinski definition) is 6. The fraction of sp³-hybridized carbons (Fsp3) is 0.812. The van der Waals surface area contributed by atoms with Crippen molar-refractivity contribution in [3.63, 3.8) is 0 Å². The van der Waals surface area contributed by atoms with E-state index < -0.39 is 67.5 Å². The van der Waals surface area contributed by atoms with Crippen molar-refractivity contribution in [1.29, 1.82) is 0 Å². The Labute approximate surface area is 149 Å². The standard InChI is InChI=1S/C16H24O10/c1-5-2-7(18)10-6(14(21)22)4-24-16(9(5)10)26-13-8(3-17)25-15(23)12(20)11(13)19/h4-5,7-13,15-20,23H,2-3H2,1H3,(H,21,22)/t5-,7-,8-,9-,10+,11-,12-,13-,15-,16+/m1/s1. The normalized spacial score (nSPS) is 48.5. The second-order valence-corrected chi connectivity index (χ2v) is 7.10. The number of carboxylic acids is 1. The van der Waals surface area contributed by atoms with Crippen LogP contribution in [0.1, 0.15) is 13.3 Å². The molecule has 10 heteroatoms. The molecule has 2 fully saturated rings. The largest absolute Gasteiger partial charge is 0.478 e. The molecule has 10 nitrogen and oxygen atoms in total. The first-order valence-corrected chi connectivity index (χ1v) is 8.49. The van der Waals surface area contributed by atoms with E-state index in [0.29, 0.717) is 6.42 Å². The van der Waals surface area contributed by atoms with Crippen LogP contribution in [0.4, 0.5) is 0 Å². The van der Waals surface area contributed by atoms with Gasteiger partial charge in [-0.2, -0.15) is 0 Å². The lowest BCUT2D eigenvalue weighted by Gasteiger charge is -2.43. The van der Waals surface area contributed by atoms with Gasteiger partial charge in [-0.1, -0.05) is 6.92 Å². The van der Waals surface area contributed by atoms with E-state index in [-0.39, 0.29) is 11.5 Å². The quantitative estimate of drug-likeness (QED) is 0.316. The van der Waals surface area contributed by atoms with Crippen LogP contribution in [-0.4, -0.2) is 86.3 Å². The minimum atomic E-state index is -1.67. The molecule has 6 N–H and O–H groups in total. The van der Waals surface area contributed by atoms with E-state index >= 15 is 0 Å². The SMILES string of the molecule is C[C@@H]1C[C@@H](O)[C@@H]2C(C(=O)O)=CO[C@@H](O[C@H]3[C@H](O)[C@@H](O)[C@H](O)O[C@@H]3CO)[C@@H]21. The molecular weight excluding hydrogens is 352 g/mol. The Morgan fingerprint density at radius 1 is 1.27 bits per heavy atom. The highest BCUT2D eigenvalue weighted by Crippen LogP contribution is 2.47. The maximum Gasteiger partial charge on any atom is 0.335 e. The number of rotatable bonds is 4. The van der Waals surface area contributed by atoms with Gasteiger partial charge in [0.2, 0.25) is 6.29 Å². The number of aliphatic hydroxyl groups excluding tert-OH is 5. The molecule has 1 aliphatic carbocycles. The monoisotopic (exact) mass is 376 g/mol. The Morgan fingerprint density at radius 2 is 1.96 bits per heavy atom. The number of fused-ring (bicyclic) bond motifs is 1. The highest BCUT2D eigenvalue weighted by molar-refractivity contribution is 5.87. The van der Waals surface area contributed by atoms with Gasteiger partial charge in [-0.15, -0.1) is 0 Å². The van der Waals surface area contributed by atoms with Gasteiger partial charge in [0.25, 0.3) is 0 Å². The molecule has 0 bridgehead atoms. The molecule has 0 amide bonds. The lowest BCUT2D eigenvalue weighted by atomic mass is 9.82. The Hall–Kier alpha value is -1.27. The second kappa shape index (κ2) is 7.39. The lowest BCUT2D eigenvalue weighted by molar-refractivity contribution is -0.321. The molecule has 10 atom stereocenters. The van der Waals surface area contributed by atoms with Gasteiger partial charge in [0, 0.05) is 11.8 Å². The van der Waals surface area contributed by atoms with E-state index in [0.717, 1.165) is 6.26 Å². The zero-order valence-electron chi connectivity index (χ0n) is 14.1. The predicted octanol–water partition coefficient (Wildman–Crippen LogP) is -2.24. The summed E-state index contributed by atoms with van der Waals surface area (Å²) in [6, 6.07) is 0. The van der Waals surface area contributed by atoms with Gasteiger partial charge in [-0.05, 0) is 12.3 Å². The summed E-state index contributed by atoms with van der Waals surface area (Å²) in [7, 11) is 0. The van der Waals surface area contributed by atoms with Gasteiger partial charge in [0.05, 0.1) is 24.5 Å². The zero-order valence-corrected chi connectivity index (χ0v) is 14.1. The number of aliphatic hydroxyl groups is 5. The maximum atomic E-state index is 11.4. The van der Waals surface area contributed by atoms with Crippen molar-refractivity contribution in [2.45, 2.75) is 56.4 Å². The summed E-state index contributed by atoms with van der Waals surface area (Å²) in [6.45, 7) is 1.25. The third-order valence-electron chi connectivity index (χ3n) is 5.48. The highest BCUT2D eigenvalue weighted by atomic mass is 16.7. The predicted molar refractivity (Wildman–Crippen MR) is 82.2 cm³/mol. The molecule has 2 heterocycles. The van der Waals surface area contributed by atoms with Crippen LogP contribution in [0.3, 0.4) is 0 Å². The number of carboxylic acid groups (broad SMARTS) is 1. The van der Waals surface area contributed by atoms with Crippen molar-refractivity contribution in [2.24, 2.45) is 17.8 Å².